The summed E-state index contributed by atoms with van der Waals surface area (Å²) in [5.74, 6) is -0.554. The molecule has 1 aromatic carbocycles. The van der Waals surface area contributed by atoms with E-state index in [-0.39, 0.29) is 4.90 Å². The number of halogens is 2. The topological polar surface area (TPSA) is 46.2 Å². The molecule has 1 N–H and O–H groups in total. The fraction of sp³-hybridized carbons (Fsp3) is 0.455. The van der Waals surface area contributed by atoms with Crippen molar-refractivity contribution < 1.29 is 12.8 Å². The lowest BCUT2D eigenvalue weighted by Gasteiger charge is -2.07. The van der Waals surface area contributed by atoms with E-state index >= 15 is 0 Å². The van der Waals surface area contributed by atoms with E-state index in [1.165, 1.54) is 18.2 Å². The van der Waals surface area contributed by atoms with E-state index in [2.05, 4.69) is 20.7 Å². The third-order valence-corrected chi connectivity index (χ3v) is 4.09. The lowest BCUT2D eigenvalue weighted by molar-refractivity contribution is 0.573. The molecule has 0 bridgehead atoms. The summed E-state index contributed by atoms with van der Waals surface area (Å²) in [4.78, 5) is 0.325. The highest BCUT2D eigenvalue weighted by atomic mass is 79.9. The second-order valence-corrected chi connectivity index (χ2v) is 7.11. The van der Waals surface area contributed by atoms with E-state index in [4.69, 9.17) is 0 Å². The molecule has 0 aliphatic carbocycles. The van der Waals surface area contributed by atoms with Crippen LogP contribution in [0.3, 0.4) is 0 Å². The van der Waals surface area contributed by atoms with E-state index in [9.17, 15) is 12.8 Å². The average molecular weight is 324 g/mol. The van der Waals surface area contributed by atoms with Gasteiger partial charge in [-0.2, -0.15) is 0 Å². The van der Waals surface area contributed by atoms with E-state index < -0.39 is 15.8 Å². The lowest BCUT2D eigenvalue weighted by Crippen LogP contribution is -2.25. The van der Waals surface area contributed by atoms with Gasteiger partial charge in [-0.05, 0) is 31.0 Å². The van der Waals surface area contributed by atoms with Crippen molar-refractivity contribution >= 4 is 26.0 Å². The van der Waals surface area contributed by atoms with Gasteiger partial charge in [-0.15, -0.1) is 0 Å². The largest absolute Gasteiger partial charge is 0.240 e. The number of hydrogen-bond donors (Lipinski definition) is 1. The molecule has 1 atom stereocenters. The fourth-order valence-corrected chi connectivity index (χ4v) is 2.74. The van der Waals surface area contributed by atoms with Crippen LogP contribution in [0.1, 0.15) is 19.8 Å². The molecule has 0 aliphatic rings. The number of nitrogens with one attached hydrogen (secondary N) is 1. The zero-order valence-corrected chi connectivity index (χ0v) is 11.9. The van der Waals surface area contributed by atoms with Crippen LogP contribution in [0, 0.1) is 5.82 Å². The maximum Gasteiger partial charge on any atom is 0.240 e. The molecule has 0 fully saturated rings. The predicted octanol–water partition coefficient (Wildman–Crippen LogP) is 2.67. The van der Waals surface area contributed by atoms with E-state index in [0.29, 0.717) is 11.4 Å². The first-order chi connectivity index (χ1) is 7.92. The monoisotopic (exact) mass is 323 g/mol. The summed E-state index contributed by atoms with van der Waals surface area (Å²) in [7, 11) is -3.59. The first-order valence-corrected chi connectivity index (χ1v) is 7.71. The Kier molecular flexibility index (Phi) is 5.55. The maximum atomic E-state index is 12.9. The second-order valence-electron chi connectivity index (χ2n) is 3.78. The third kappa shape index (κ3) is 5.14. The number of sulfonamides is 1. The Labute approximate surface area is 110 Å². The Morgan fingerprint density at radius 1 is 1.47 bits per heavy atom. The minimum atomic E-state index is -3.59. The Morgan fingerprint density at radius 2 is 2.18 bits per heavy atom. The molecule has 0 saturated heterocycles. The van der Waals surface area contributed by atoms with Crippen LogP contribution in [-0.2, 0) is 10.0 Å². The van der Waals surface area contributed by atoms with Gasteiger partial charge in [0.2, 0.25) is 10.0 Å². The van der Waals surface area contributed by atoms with E-state index in [1.54, 1.807) is 0 Å². The van der Waals surface area contributed by atoms with E-state index in [1.807, 2.05) is 6.92 Å². The van der Waals surface area contributed by atoms with Gasteiger partial charge < -0.3 is 0 Å². The summed E-state index contributed by atoms with van der Waals surface area (Å²) < 4.78 is 38.8. The Morgan fingerprint density at radius 3 is 2.76 bits per heavy atom. The highest BCUT2D eigenvalue weighted by Crippen LogP contribution is 2.11. The van der Waals surface area contributed by atoms with Gasteiger partial charge in [0.05, 0.1) is 4.90 Å². The van der Waals surface area contributed by atoms with Gasteiger partial charge in [0.15, 0.2) is 0 Å². The third-order valence-electron chi connectivity index (χ3n) is 2.18. The number of rotatable bonds is 6. The first kappa shape index (κ1) is 14.6. The van der Waals surface area contributed by atoms with Crippen molar-refractivity contribution in [3.63, 3.8) is 0 Å². The van der Waals surface area contributed by atoms with Gasteiger partial charge >= 0.3 is 0 Å². The molecule has 0 amide bonds. The molecule has 0 heterocycles. The molecule has 3 nitrogen and oxygen atoms in total. The zero-order valence-electron chi connectivity index (χ0n) is 9.49. The van der Waals surface area contributed by atoms with Gasteiger partial charge in [0.1, 0.15) is 5.82 Å². The van der Waals surface area contributed by atoms with Gasteiger partial charge in [0, 0.05) is 11.4 Å². The zero-order chi connectivity index (χ0) is 12.9. The van der Waals surface area contributed by atoms with Crippen LogP contribution < -0.4 is 4.72 Å². The number of hydrogen-bond acceptors (Lipinski definition) is 2. The maximum absolute atomic E-state index is 12.9. The SMILES string of the molecule is CC(Br)CCCNS(=O)(=O)c1cccc(F)c1. The minimum Gasteiger partial charge on any atom is -0.211 e. The van der Waals surface area contributed by atoms with Crippen LogP contribution >= 0.6 is 15.9 Å². The molecule has 0 radical (unpaired) electrons. The van der Waals surface area contributed by atoms with Gasteiger partial charge in [-0.3, -0.25) is 0 Å². The van der Waals surface area contributed by atoms with Crippen molar-refractivity contribution in [1.82, 2.24) is 4.72 Å². The summed E-state index contributed by atoms with van der Waals surface area (Å²) in [6.45, 7) is 2.36. The molecule has 6 heteroatoms. The summed E-state index contributed by atoms with van der Waals surface area (Å²) in [6.07, 6.45) is 1.62. The summed E-state index contributed by atoms with van der Waals surface area (Å²) >= 11 is 3.38. The molecule has 0 spiro atoms. The average Bonchev–Trinajstić information content (AvgIpc) is 2.24. The molecule has 0 aromatic heterocycles. The molecule has 0 saturated carbocycles. The van der Waals surface area contributed by atoms with Gasteiger partial charge in [-0.1, -0.05) is 28.9 Å². The molecule has 17 heavy (non-hydrogen) atoms. The van der Waals surface area contributed by atoms with Crippen LogP contribution in [0.15, 0.2) is 29.2 Å². The number of benzene rings is 1. The quantitative estimate of drug-likeness (QED) is 0.646. The molecule has 1 aromatic rings. The van der Waals surface area contributed by atoms with Crippen molar-refractivity contribution in [3.8, 4) is 0 Å². The summed E-state index contributed by atoms with van der Waals surface area (Å²) in [5.41, 5.74) is 0. The molecule has 0 aliphatic heterocycles. The van der Waals surface area contributed by atoms with E-state index in [0.717, 1.165) is 18.9 Å². The van der Waals surface area contributed by atoms with Crippen molar-refractivity contribution in [3.05, 3.63) is 30.1 Å². The van der Waals surface area contributed by atoms with Crippen LogP contribution in [0.25, 0.3) is 0 Å². The van der Waals surface area contributed by atoms with Crippen molar-refractivity contribution in [2.75, 3.05) is 6.54 Å². The van der Waals surface area contributed by atoms with Gasteiger partial charge in [0.25, 0.3) is 0 Å². The van der Waals surface area contributed by atoms with Crippen LogP contribution in [0.4, 0.5) is 4.39 Å². The van der Waals surface area contributed by atoms with Gasteiger partial charge in [-0.25, -0.2) is 17.5 Å². The Balaban J connectivity index is 2.57. The molecular formula is C11H15BrFNO2S. The lowest BCUT2D eigenvalue weighted by atomic mass is 10.2. The minimum absolute atomic E-state index is 0.0376. The Hall–Kier alpha value is -0.460. The van der Waals surface area contributed by atoms with Crippen LogP contribution in [-0.4, -0.2) is 19.8 Å². The molecule has 1 rings (SSSR count). The van der Waals surface area contributed by atoms with Crippen molar-refractivity contribution in [1.29, 1.82) is 0 Å². The smallest absolute Gasteiger partial charge is 0.211 e. The molecule has 96 valence electrons. The van der Waals surface area contributed by atoms with Crippen LogP contribution in [0.5, 0.6) is 0 Å². The summed E-state index contributed by atoms with van der Waals surface area (Å²) in [6, 6.07) is 4.98. The standard InChI is InChI=1S/C11H15BrFNO2S/c1-9(12)4-3-7-14-17(15,16)11-6-2-5-10(13)8-11/h2,5-6,8-9,14H,3-4,7H2,1H3. The second kappa shape index (κ2) is 6.47. The predicted molar refractivity (Wildman–Crippen MR) is 69.2 cm³/mol. The summed E-state index contributed by atoms with van der Waals surface area (Å²) in [5, 5.41) is 0. The fourth-order valence-electron chi connectivity index (χ4n) is 1.31. The molecular weight excluding hydrogens is 309 g/mol. The van der Waals surface area contributed by atoms with Crippen molar-refractivity contribution in [2.45, 2.75) is 29.5 Å². The highest BCUT2D eigenvalue weighted by molar-refractivity contribution is 9.09. The molecule has 1 unspecified atom stereocenters. The van der Waals surface area contributed by atoms with Crippen molar-refractivity contribution in [2.24, 2.45) is 0 Å². The normalized spacial score (nSPS) is 13.6. The van der Waals surface area contributed by atoms with Crippen LogP contribution in [0.2, 0.25) is 0 Å². The highest BCUT2D eigenvalue weighted by Gasteiger charge is 2.13. The first-order valence-electron chi connectivity index (χ1n) is 5.31. The number of alkyl halides is 1. The Bertz CT molecular complexity index is 462.